The highest BCUT2D eigenvalue weighted by Gasteiger charge is 2.48. The van der Waals surface area contributed by atoms with Gasteiger partial charge in [0.15, 0.2) is 0 Å². The van der Waals surface area contributed by atoms with Crippen LogP contribution in [0.15, 0.2) is 34.0 Å². The molecule has 0 saturated carbocycles. The van der Waals surface area contributed by atoms with Gasteiger partial charge in [0.2, 0.25) is 6.10 Å². The molecule has 0 bridgehead atoms. The van der Waals surface area contributed by atoms with Gasteiger partial charge in [-0.1, -0.05) is 28.9 Å². The maximum Gasteiger partial charge on any atom is 0.429 e. The van der Waals surface area contributed by atoms with Crippen LogP contribution < -0.4 is 0 Å². The number of ether oxygens (including phenoxy) is 1. The fourth-order valence-corrected chi connectivity index (χ4v) is 1.56. The Balaban J connectivity index is 3.00. The van der Waals surface area contributed by atoms with Crippen LogP contribution in [-0.2, 0) is 9.53 Å². The molecule has 0 radical (unpaired) electrons. The van der Waals surface area contributed by atoms with Crippen LogP contribution in [0.4, 0.5) is 13.2 Å². The summed E-state index contributed by atoms with van der Waals surface area (Å²) < 4.78 is 43.7. The van der Waals surface area contributed by atoms with E-state index < -0.39 is 23.8 Å². The second kappa shape index (κ2) is 6.27. The standard InChI is InChI=1S/C12H12BrF3O3/c1-2-7(13)3-4-8-5-6-9(11(17)18)10(19-8)12(14,15)16/h3-4,6,10H,2,5H2,1H3,(H,17,18)/b7-3+,8-4+. The third-order valence-corrected chi connectivity index (χ3v) is 3.23. The van der Waals surface area contributed by atoms with E-state index in [1.807, 2.05) is 6.92 Å². The highest BCUT2D eigenvalue weighted by Crippen LogP contribution is 2.34. The molecular formula is C12H12BrF3O3. The number of carbonyl (C=O) groups is 1. The number of halogens is 4. The summed E-state index contributed by atoms with van der Waals surface area (Å²) in [5.74, 6) is -1.54. The Morgan fingerprint density at radius 1 is 1.63 bits per heavy atom. The molecule has 1 heterocycles. The summed E-state index contributed by atoms with van der Waals surface area (Å²) >= 11 is 3.22. The number of alkyl halides is 3. The van der Waals surface area contributed by atoms with Crippen LogP contribution in [0.5, 0.6) is 0 Å². The maximum atomic E-state index is 12.7. The Labute approximate surface area is 116 Å². The van der Waals surface area contributed by atoms with Gasteiger partial charge in [-0.05, 0) is 23.1 Å². The monoisotopic (exact) mass is 340 g/mol. The number of allylic oxidation sites excluding steroid dienone is 4. The van der Waals surface area contributed by atoms with Crippen molar-refractivity contribution in [2.75, 3.05) is 0 Å². The first-order valence-corrected chi connectivity index (χ1v) is 6.27. The minimum Gasteiger partial charge on any atom is -0.480 e. The summed E-state index contributed by atoms with van der Waals surface area (Å²) in [6.07, 6.45) is -2.43. The molecule has 1 rings (SSSR count). The first-order chi connectivity index (χ1) is 8.75. The molecule has 0 aromatic heterocycles. The number of rotatable bonds is 3. The Morgan fingerprint density at radius 2 is 2.26 bits per heavy atom. The Kier molecular flexibility index (Phi) is 5.22. The van der Waals surface area contributed by atoms with Crippen molar-refractivity contribution in [3.63, 3.8) is 0 Å². The predicted molar refractivity (Wildman–Crippen MR) is 66.6 cm³/mol. The molecule has 0 aromatic carbocycles. The van der Waals surface area contributed by atoms with E-state index in [1.54, 1.807) is 6.08 Å². The van der Waals surface area contributed by atoms with Crippen LogP contribution in [0.25, 0.3) is 0 Å². The minimum atomic E-state index is -4.75. The van der Waals surface area contributed by atoms with Gasteiger partial charge in [-0.3, -0.25) is 0 Å². The van der Waals surface area contributed by atoms with Crippen molar-refractivity contribution < 1.29 is 27.8 Å². The summed E-state index contributed by atoms with van der Waals surface area (Å²) in [5.41, 5.74) is -0.775. The molecule has 0 spiro atoms. The maximum absolute atomic E-state index is 12.7. The summed E-state index contributed by atoms with van der Waals surface area (Å²) in [5, 5.41) is 8.73. The average Bonchev–Trinajstić information content (AvgIpc) is 2.34. The number of hydrogen-bond donors (Lipinski definition) is 1. The van der Waals surface area contributed by atoms with Gasteiger partial charge >= 0.3 is 12.1 Å². The highest BCUT2D eigenvalue weighted by molar-refractivity contribution is 9.11. The fourth-order valence-electron chi connectivity index (χ4n) is 1.43. The van der Waals surface area contributed by atoms with Crippen LogP contribution >= 0.6 is 15.9 Å². The normalized spacial score (nSPS) is 23.0. The molecule has 1 unspecified atom stereocenters. The number of carboxylic acid groups (broad SMARTS) is 1. The van der Waals surface area contributed by atoms with Crippen molar-refractivity contribution in [1.29, 1.82) is 0 Å². The van der Waals surface area contributed by atoms with E-state index in [4.69, 9.17) is 9.84 Å². The van der Waals surface area contributed by atoms with E-state index in [0.717, 1.165) is 10.6 Å². The summed E-state index contributed by atoms with van der Waals surface area (Å²) in [4.78, 5) is 10.7. The minimum absolute atomic E-state index is 0.0225. The molecule has 0 fully saturated rings. The van der Waals surface area contributed by atoms with Crippen LogP contribution in [0.1, 0.15) is 19.8 Å². The van der Waals surface area contributed by atoms with Gasteiger partial charge in [0.1, 0.15) is 5.76 Å². The van der Waals surface area contributed by atoms with Crippen molar-refractivity contribution in [1.82, 2.24) is 0 Å². The fraction of sp³-hybridized carbons (Fsp3) is 0.417. The Bertz CT molecular complexity index is 450. The zero-order valence-electron chi connectivity index (χ0n) is 10.00. The SMILES string of the molecule is CC/C(Br)=C\C=C1/CC=C(C(=O)O)C(C(F)(F)F)O1. The predicted octanol–water partition coefficient (Wildman–Crippen LogP) is 3.92. The lowest BCUT2D eigenvalue weighted by Gasteiger charge is -2.27. The zero-order chi connectivity index (χ0) is 14.6. The van der Waals surface area contributed by atoms with Gasteiger partial charge in [-0.15, -0.1) is 0 Å². The largest absolute Gasteiger partial charge is 0.480 e. The van der Waals surface area contributed by atoms with Gasteiger partial charge in [0.25, 0.3) is 0 Å². The smallest absolute Gasteiger partial charge is 0.429 e. The lowest BCUT2D eigenvalue weighted by atomic mass is 10.0. The second-order valence-electron chi connectivity index (χ2n) is 3.81. The molecule has 0 aliphatic carbocycles. The molecule has 3 nitrogen and oxygen atoms in total. The van der Waals surface area contributed by atoms with Crippen LogP contribution in [0.3, 0.4) is 0 Å². The highest BCUT2D eigenvalue weighted by atomic mass is 79.9. The lowest BCUT2D eigenvalue weighted by Crippen LogP contribution is -2.37. The van der Waals surface area contributed by atoms with Crippen molar-refractivity contribution in [2.45, 2.75) is 32.0 Å². The second-order valence-corrected chi connectivity index (χ2v) is 4.83. The molecule has 106 valence electrons. The molecule has 19 heavy (non-hydrogen) atoms. The van der Waals surface area contributed by atoms with E-state index in [9.17, 15) is 18.0 Å². The Morgan fingerprint density at radius 3 is 2.74 bits per heavy atom. The molecule has 7 heteroatoms. The summed E-state index contributed by atoms with van der Waals surface area (Å²) in [7, 11) is 0. The van der Waals surface area contributed by atoms with E-state index in [0.29, 0.717) is 6.42 Å². The van der Waals surface area contributed by atoms with Gasteiger partial charge in [0, 0.05) is 6.42 Å². The van der Waals surface area contributed by atoms with Crippen molar-refractivity contribution in [2.24, 2.45) is 0 Å². The van der Waals surface area contributed by atoms with Gasteiger partial charge < -0.3 is 9.84 Å². The van der Waals surface area contributed by atoms with E-state index >= 15 is 0 Å². The topological polar surface area (TPSA) is 46.5 Å². The number of carboxylic acids is 1. The number of hydrogen-bond acceptors (Lipinski definition) is 2. The first kappa shape index (κ1) is 15.8. The third kappa shape index (κ3) is 4.41. The molecule has 0 saturated heterocycles. The quantitative estimate of drug-likeness (QED) is 0.846. The molecular weight excluding hydrogens is 329 g/mol. The van der Waals surface area contributed by atoms with E-state index in [1.165, 1.54) is 6.08 Å². The lowest BCUT2D eigenvalue weighted by molar-refractivity contribution is -0.201. The average molecular weight is 341 g/mol. The van der Waals surface area contributed by atoms with Crippen LogP contribution in [-0.4, -0.2) is 23.4 Å². The summed E-state index contributed by atoms with van der Waals surface area (Å²) in [6, 6.07) is 0. The molecule has 1 aliphatic heterocycles. The molecule has 0 amide bonds. The van der Waals surface area contributed by atoms with Gasteiger partial charge in [0.05, 0.1) is 5.57 Å². The third-order valence-electron chi connectivity index (χ3n) is 2.41. The number of aliphatic carboxylic acids is 1. The van der Waals surface area contributed by atoms with Gasteiger partial charge in [-0.2, -0.15) is 13.2 Å². The van der Waals surface area contributed by atoms with Gasteiger partial charge in [-0.25, -0.2) is 4.79 Å². The van der Waals surface area contributed by atoms with Crippen LogP contribution in [0.2, 0.25) is 0 Å². The van der Waals surface area contributed by atoms with Crippen molar-refractivity contribution in [3.05, 3.63) is 34.0 Å². The van der Waals surface area contributed by atoms with Crippen molar-refractivity contribution in [3.8, 4) is 0 Å². The van der Waals surface area contributed by atoms with E-state index in [2.05, 4.69) is 15.9 Å². The Hall–Kier alpha value is -1.24. The molecule has 0 aromatic rings. The molecule has 1 aliphatic rings. The van der Waals surface area contributed by atoms with E-state index in [-0.39, 0.29) is 12.2 Å². The first-order valence-electron chi connectivity index (χ1n) is 5.47. The zero-order valence-corrected chi connectivity index (χ0v) is 11.6. The molecule has 1 atom stereocenters. The van der Waals surface area contributed by atoms with Crippen LogP contribution in [0, 0.1) is 0 Å². The van der Waals surface area contributed by atoms with Crippen molar-refractivity contribution >= 4 is 21.9 Å². The summed E-state index contributed by atoms with van der Waals surface area (Å²) in [6.45, 7) is 1.88. The molecule has 1 N–H and O–H groups in total.